The zero-order valence-corrected chi connectivity index (χ0v) is 12.8. The number of alkyl halides is 3. The first-order chi connectivity index (χ1) is 10.3. The predicted molar refractivity (Wildman–Crippen MR) is 78.5 cm³/mol. The third-order valence-corrected chi connectivity index (χ3v) is 3.96. The molecule has 0 atom stereocenters. The van der Waals surface area contributed by atoms with Gasteiger partial charge in [-0.3, -0.25) is 0 Å². The monoisotopic (exact) mass is 365 g/mol. The Kier molecular flexibility index (Phi) is 3.71. The minimum absolute atomic E-state index is 0.0155. The molecule has 22 heavy (non-hydrogen) atoms. The van der Waals surface area contributed by atoms with Crippen molar-refractivity contribution in [1.82, 2.24) is 14.6 Å². The number of rotatable bonds is 1. The van der Waals surface area contributed by atoms with Crippen LogP contribution >= 0.6 is 34.8 Å². The van der Waals surface area contributed by atoms with E-state index < -0.39 is 11.9 Å². The second kappa shape index (κ2) is 5.30. The van der Waals surface area contributed by atoms with Crippen LogP contribution in [0, 0.1) is 0 Å². The number of hydrogen-bond acceptors (Lipinski definition) is 2. The third kappa shape index (κ3) is 2.62. The molecule has 0 aliphatic carbocycles. The minimum atomic E-state index is -4.61. The van der Waals surface area contributed by atoms with E-state index in [9.17, 15) is 13.2 Å². The van der Waals surface area contributed by atoms with Gasteiger partial charge in [-0.1, -0.05) is 40.9 Å². The Morgan fingerprint density at radius 1 is 1.00 bits per heavy atom. The van der Waals surface area contributed by atoms with Crippen molar-refractivity contribution in [1.29, 1.82) is 0 Å². The van der Waals surface area contributed by atoms with Crippen molar-refractivity contribution in [2.45, 2.75) is 6.18 Å². The Morgan fingerprint density at radius 2 is 1.73 bits per heavy atom. The maximum Gasteiger partial charge on any atom is 0.433 e. The molecular weight excluding hydrogens is 362 g/mol. The smallest absolute Gasteiger partial charge is 0.223 e. The lowest BCUT2D eigenvalue weighted by Gasteiger charge is -2.08. The highest BCUT2D eigenvalue weighted by Gasteiger charge is 2.34. The van der Waals surface area contributed by atoms with Crippen LogP contribution in [-0.2, 0) is 6.18 Å². The summed E-state index contributed by atoms with van der Waals surface area (Å²) >= 11 is 17.6. The van der Waals surface area contributed by atoms with E-state index in [1.54, 1.807) is 6.07 Å². The van der Waals surface area contributed by atoms with E-state index >= 15 is 0 Å². The van der Waals surface area contributed by atoms with Crippen LogP contribution in [0.4, 0.5) is 13.2 Å². The van der Waals surface area contributed by atoms with Crippen LogP contribution in [0.1, 0.15) is 5.69 Å². The molecule has 0 radical (unpaired) electrons. The van der Waals surface area contributed by atoms with Crippen molar-refractivity contribution in [2.75, 3.05) is 0 Å². The van der Waals surface area contributed by atoms with Gasteiger partial charge in [-0.05, 0) is 17.7 Å². The Balaban J connectivity index is 2.26. The molecule has 3 nitrogen and oxygen atoms in total. The van der Waals surface area contributed by atoms with Gasteiger partial charge in [-0.15, -0.1) is 0 Å². The van der Waals surface area contributed by atoms with E-state index in [0.29, 0.717) is 16.1 Å². The van der Waals surface area contributed by atoms with Gasteiger partial charge in [0, 0.05) is 11.6 Å². The average molecular weight is 367 g/mol. The molecule has 0 amide bonds. The Hall–Kier alpha value is -1.50. The quantitative estimate of drug-likeness (QED) is 0.542. The molecule has 0 bridgehead atoms. The first-order valence-corrected chi connectivity index (χ1v) is 6.97. The van der Waals surface area contributed by atoms with E-state index in [4.69, 9.17) is 34.8 Å². The molecule has 114 valence electrons. The van der Waals surface area contributed by atoms with Crippen LogP contribution in [0.15, 0.2) is 30.5 Å². The van der Waals surface area contributed by atoms with Crippen molar-refractivity contribution in [3.8, 4) is 11.1 Å². The zero-order valence-electron chi connectivity index (χ0n) is 10.5. The average Bonchev–Trinajstić information content (AvgIpc) is 2.85. The molecule has 0 unspecified atom stereocenters. The molecule has 3 rings (SSSR count). The zero-order chi connectivity index (χ0) is 16.1. The van der Waals surface area contributed by atoms with Crippen LogP contribution in [-0.4, -0.2) is 14.6 Å². The number of fused-ring (bicyclic) bond motifs is 1. The first kappa shape index (κ1) is 15.4. The highest BCUT2D eigenvalue weighted by Crippen LogP contribution is 2.34. The topological polar surface area (TPSA) is 30.2 Å². The van der Waals surface area contributed by atoms with Crippen LogP contribution < -0.4 is 0 Å². The van der Waals surface area contributed by atoms with E-state index in [-0.39, 0.29) is 15.8 Å². The van der Waals surface area contributed by atoms with Crippen molar-refractivity contribution in [3.63, 3.8) is 0 Å². The van der Waals surface area contributed by atoms with Gasteiger partial charge in [0.1, 0.15) is 10.8 Å². The first-order valence-electron chi connectivity index (χ1n) is 5.84. The fraction of sp³-hybridized carbons (Fsp3) is 0.0769. The summed E-state index contributed by atoms with van der Waals surface area (Å²) in [5, 5.41) is 4.37. The summed E-state index contributed by atoms with van der Waals surface area (Å²) in [4.78, 5) is 3.61. The molecule has 0 spiro atoms. The lowest BCUT2D eigenvalue weighted by molar-refractivity contribution is -0.141. The summed E-state index contributed by atoms with van der Waals surface area (Å²) in [7, 11) is 0. The van der Waals surface area contributed by atoms with Crippen LogP contribution in [0.3, 0.4) is 0 Å². The molecule has 9 heteroatoms. The van der Waals surface area contributed by atoms with E-state index in [0.717, 1.165) is 10.6 Å². The largest absolute Gasteiger partial charge is 0.433 e. The molecule has 3 aromatic rings. The Labute approximate surface area is 137 Å². The van der Waals surface area contributed by atoms with Gasteiger partial charge >= 0.3 is 6.18 Å². The normalized spacial score (nSPS) is 12.1. The van der Waals surface area contributed by atoms with E-state index in [1.807, 2.05) is 0 Å². The van der Waals surface area contributed by atoms with E-state index in [1.165, 1.54) is 18.3 Å². The van der Waals surface area contributed by atoms with Crippen LogP contribution in [0.25, 0.3) is 16.8 Å². The third-order valence-electron chi connectivity index (χ3n) is 2.95. The van der Waals surface area contributed by atoms with Crippen LogP contribution in [0.2, 0.25) is 15.2 Å². The SMILES string of the molecule is FC(F)(F)c1cc(Cl)n2ncc(-c3ccc(Cl)c(Cl)c3)c2n1. The fourth-order valence-electron chi connectivity index (χ4n) is 1.94. The van der Waals surface area contributed by atoms with Crippen LogP contribution in [0.5, 0.6) is 0 Å². The van der Waals surface area contributed by atoms with Crippen molar-refractivity contribution in [3.05, 3.63) is 51.4 Å². The summed E-state index contributed by atoms with van der Waals surface area (Å²) in [6.45, 7) is 0. The fourth-order valence-corrected chi connectivity index (χ4v) is 2.46. The van der Waals surface area contributed by atoms with Crippen molar-refractivity contribution < 1.29 is 13.2 Å². The molecular formula is C13H5Cl3F3N3. The molecule has 0 N–H and O–H groups in total. The van der Waals surface area contributed by atoms with Gasteiger partial charge < -0.3 is 0 Å². The van der Waals surface area contributed by atoms with Crippen molar-refractivity contribution >= 4 is 40.4 Å². The molecule has 0 saturated carbocycles. The predicted octanol–water partition coefficient (Wildman–Crippen LogP) is 5.38. The summed E-state index contributed by atoms with van der Waals surface area (Å²) in [5.41, 5.74) is -0.205. The number of nitrogens with zero attached hydrogens (tertiary/aromatic N) is 3. The highest BCUT2D eigenvalue weighted by molar-refractivity contribution is 6.42. The van der Waals surface area contributed by atoms with Gasteiger partial charge in [0.25, 0.3) is 0 Å². The van der Waals surface area contributed by atoms with Gasteiger partial charge in [-0.25, -0.2) is 9.50 Å². The number of aromatic nitrogens is 3. The molecule has 0 aliphatic heterocycles. The maximum absolute atomic E-state index is 12.9. The van der Waals surface area contributed by atoms with Crippen molar-refractivity contribution in [2.24, 2.45) is 0 Å². The Morgan fingerprint density at radius 3 is 2.36 bits per heavy atom. The maximum atomic E-state index is 12.9. The minimum Gasteiger partial charge on any atom is -0.223 e. The summed E-state index contributed by atoms with van der Waals surface area (Å²) in [5.74, 6) is 0. The molecule has 0 fully saturated rings. The second-order valence-electron chi connectivity index (χ2n) is 4.38. The van der Waals surface area contributed by atoms with Gasteiger partial charge in [0.15, 0.2) is 5.65 Å². The molecule has 2 aromatic heterocycles. The highest BCUT2D eigenvalue weighted by atomic mass is 35.5. The summed E-state index contributed by atoms with van der Waals surface area (Å²) in [6.07, 6.45) is -3.24. The summed E-state index contributed by atoms with van der Waals surface area (Å²) in [6, 6.07) is 5.40. The van der Waals surface area contributed by atoms with Gasteiger partial charge in [0.05, 0.1) is 16.2 Å². The second-order valence-corrected chi connectivity index (χ2v) is 5.59. The number of benzene rings is 1. The Bertz CT molecular complexity index is 874. The van der Waals surface area contributed by atoms with Gasteiger partial charge in [0.2, 0.25) is 0 Å². The lowest BCUT2D eigenvalue weighted by atomic mass is 10.1. The molecule has 0 aliphatic rings. The van der Waals surface area contributed by atoms with E-state index in [2.05, 4.69) is 10.1 Å². The molecule has 2 heterocycles. The number of halogens is 6. The number of hydrogen-bond donors (Lipinski definition) is 0. The lowest BCUT2D eigenvalue weighted by Crippen LogP contribution is -2.10. The summed E-state index contributed by atoms with van der Waals surface area (Å²) < 4.78 is 39.7. The standard InChI is InChI=1S/C13H5Cl3F3N3/c14-8-2-1-6(3-9(8)15)7-5-20-22-11(16)4-10(13(17,18)19)21-12(7)22/h1-5H. The van der Waals surface area contributed by atoms with Gasteiger partial charge in [-0.2, -0.15) is 18.3 Å². The molecule has 0 saturated heterocycles. The molecule has 1 aromatic carbocycles.